The lowest BCUT2D eigenvalue weighted by atomic mass is 9.45. The average Bonchev–Trinajstić information content (AvgIpc) is 3.56. The van der Waals surface area contributed by atoms with Gasteiger partial charge in [-0.3, -0.25) is 0 Å². The topological polar surface area (TPSA) is 93.4 Å². The van der Waals surface area contributed by atoms with Gasteiger partial charge in [-0.05, 0) is 25.7 Å². The van der Waals surface area contributed by atoms with Crippen molar-refractivity contribution in [3.63, 3.8) is 0 Å². The van der Waals surface area contributed by atoms with Crippen molar-refractivity contribution in [2.45, 2.75) is 93.8 Å². The van der Waals surface area contributed by atoms with Gasteiger partial charge in [-0.25, -0.2) is 4.79 Å². The molecule has 5 fully saturated rings. The van der Waals surface area contributed by atoms with E-state index in [1.165, 1.54) is 0 Å². The number of ether oxygens (including phenoxy) is 5. The van der Waals surface area contributed by atoms with Crippen molar-refractivity contribution in [1.82, 2.24) is 0 Å². The maximum atomic E-state index is 12.2. The van der Waals surface area contributed by atoms with Crippen LogP contribution in [0.1, 0.15) is 47.0 Å². The predicted octanol–water partition coefficient (Wildman–Crippen LogP) is 1.26. The molecule has 0 unspecified atom stereocenters. The summed E-state index contributed by atoms with van der Waals surface area (Å²) in [6.45, 7) is 9.22. The second kappa shape index (κ2) is 4.60. The van der Waals surface area contributed by atoms with Gasteiger partial charge in [0.2, 0.25) is 0 Å². The van der Waals surface area contributed by atoms with Crippen LogP contribution >= 0.6 is 0 Å². The predicted molar refractivity (Wildman–Crippen MR) is 98.0 cm³/mol. The minimum atomic E-state index is -1.17. The molecular weight excluding hydrogens is 376 g/mol. The van der Waals surface area contributed by atoms with Gasteiger partial charge in [0.1, 0.15) is 41.7 Å². The van der Waals surface area contributed by atoms with Crippen molar-refractivity contribution in [2.24, 2.45) is 11.3 Å². The van der Waals surface area contributed by atoms with Crippen molar-refractivity contribution in [1.29, 1.82) is 0 Å². The summed E-state index contributed by atoms with van der Waals surface area (Å²) >= 11 is 0. The zero-order valence-electron chi connectivity index (χ0n) is 17.3. The van der Waals surface area contributed by atoms with Crippen LogP contribution in [0.5, 0.6) is 0 Å². The summed E-state index contributed by atoms with van der Waals surface area (Å²) in [6.07, 6.45) is 1.17. The summed E-state index contributed by atoms with van der Waals surface area (Å²) in [4.78, 5) is 12.2. The molecule has 7 nitrogen and oxygen atoms in total. The second-order valence-corrected chi connectivity index (χ2v) is 10.5. The lowest BCUT2D eigenvalue weighted by Crippen LogP contribution is -2.74. The van der Waals surface area contributed by atoms with Crippen LogP contribution in [-0.2, 0) is 28.5 Å². The van der Waals surface area contributed by atoms with Crippen LogP contribution in [0.3, 0.4) is 0 Å². The Morgan fingerprint density at radius 1 is 1.24 bits per heavy atom. The van der Waals surface area contributed by atoms with Crippen LogP contribution in [0, 0.1) is 11.3 Å². The van der Waals surface area contributed by atoms with Gasteiger partial charge in [-0.2, -0.15) is 0 Å². The molecular formula is C22H28O7. The quantitative estimate of drug-likeness (QED) is 0.559. The third-order valence-corrected chi connectivity index (χ3v) is 9.57. The molecule has 1 N–H and O–H groups in total. The first-order valence-electron chi connectivity index (χ1n) is 11.0. The molecule has 7 rings (SSSR count). The summed E-state index contributed by atoms with van der Waals surface area (Å²) in [5.74, 6) is -0.00408. The Labute approximate surface area is 169 Å². The minimum absolute atomic E-state index is 0.0365. The molecule has 0 aromatic heterocycles. The zero-order chi connectivity index (χ0) is 20.2. The second-order valence-electron chi connectivity index (χ2n) is 10.5. The van der Waals surface area contributed by atoms with Crippen LogP contribution in [0.4, 0.5) is 0 Å². The molecule has 2 saturated carbocycles. The van der Waals surface area contributed by atoms with E-state index in [2.05, 4.69) is 20.8 Å². The molecule has 0 aromatic carbocycles. The normalized spacial score (nSPS) is 60.4. The highest BCUT2D eigenvalue weighted by Crippen LogP contribution is 2.83. The largest absolute Gasteiger partial charge is 0.458 e. The maximum Gasteiger partial charge on any atom is 0.334 e. The molecule has 7 heteroatoms. The number of aliphatic hydroxyl groups is 1. The Bertz CT molecular complexity index is 898. The Kier molecular flexibility index (Phi) is 2.80. The molecule has 2 spiro atoms. The smallest absolute Gasteiger partial charge is 0.334 e. The molecule has 4 aliphatic heterocycles. The van der Waals surface area contributed by atoms with E-state index in [0.29, 0.717) is 31.4 Å². The fourth-order valence-electron chi connectivity index (χ4n) is 8.08. The molecule has 4 heterocycles. The van der Waals surface area contributed by atoms with Gasteiger partial charge in [0.05, 0.1) is 6.10 Å². The highest BCUT2D eigenvalue weighted by Gasteiger charge is 3.02. The van der Waals surface area contributed by atoms with Crippen LogP contribution < -0.4 is 0 Å². The summed E-state index contributed by atoms with van der Waals surface area (Å²) < 4.78 is 31.2. The van der Waals surface area contributed by atoms with Crippen molar-refractivity contribution in [2.75, 3.05) is 13.2 Å². The lowest BCUT2D eigenvalue weighted by molar-refractivity contribution is -0.172. The zero-order valence-corrected chi connectivity index (χ0v) is 17.3. The fourth-order valence-corrected chi connectivity index (χ4v) is 8.08. The summed E-state index contributed by atoms with van der Waals surface area (Å²) in [6, 6.07) is 0. The highest BCUT2D eigenvalue weighted by atomic mass is 16.8. The van der Waals surface area contributed by atoms with Crippen LogP contribution in [-0.4, -0.2) is 71.1 Å². The molecule has 158 valence electrons. The third kappa shape index (κ3) is 1.45. The van der Waals surface area contributed by atoms with E-state index in [0.717, 1.165) is 5.57 Å². The van der Waals surface area contributed by atoms with E-state index in [4.69, 9.17) is 23.7 Å². The fraction of sp³-hybridized carbons (Fsp3) is 0.864. The standard InChI is InChI=1S/C22H28O7/c1-5-25-17-20(10(2)3)14(28-20)15-22(29-15)18(4)7-6-11-12(9-26-16(11)23)19(18,24)8-13-21(17,22)27-13/h10,13-15,17,24H,5-9H2,1-4H3/t13-,14-,15-,17+,18-,19+,20-,21+,22+/m0/s1. The number of fused-ring (bicyclic) bond motifs is 4. The summed E-state index contributed by atoms with van der Waals surface area (Å²) in [5.41, 5.74) is -1.98. The van der Waals surface area contributed by atoms with E-state index in [1.807, 2.05) is 6.92 Å². The van der Waals surface area contributed by atoms with Crippen molar-refractivity contribution >= 4 is 5.97 Å². The summed E-state index contributed by atoms with van der Waals surface area (Å²) in [5, 5.41) is 12.1. The Balaban J connectivity index is 1.41. The molecule has 29 heavy (non-hydrogen) atoms. The molecule has 0 amide bonds. The summed E-state index contributed by atoms with van der Waals surface area (Å²) in [7, 11) is 0. The van der Waals surface area contributed by atoms with E-state index in [9.17, 15) is 9.90 Å². The van der Waals surface area contributed by atoms with Crippen molar-refractivity contribution in [3.05, 3.63) is 11.1 Å². The van der Waals surface area contributed by atoms with Gasteiger partial charge < -0.3 is 28.8 Å². The maximum absolute atomic E-state index is 12.2. The Morgan fingerprint density at radius 3 is 2.76 bits per heavy atom. The van der Waals surface area contributed by atoms with Crippen LogP contribution in [0.2, 0.25) is 0 Å². The van der Waals surface area contributed by atoms with Gasteiger partial charge in [0.15, 0.2) is 5.60 Å². The Morgan fingerprint density at radius 2 is 2.03 bits per heavy atom. The number of cyclic esters (lactones) is 1. The van der Waals surface area contributed by atoms with E-state index >= 15 is 0 Å². The molecule has 0 bridgehead atoms. The SMILES string of the molecule is CCO[C@@H]1[C@@]2(C(C)C)O[C@H]2[C@@H]2O[C@]23[C@]12O[C@H]2C[C@@]1(O)C2=C(CC[C@]31C)C(=O)OC2. The number of carbonyl (C=O) groups excluding carboxylic acids is 1. The first-order valence-corrected chi connectivity index (χ1v) is 11.0. The van der Waals surface area contributed by atoms with Gasteiger partial charge in [-0.1, -0.05) is 20.8 Å². The molecule has 3 saturated heterocycles. The van der Waals surface area contributed by atoms with Gasteiger partial charge >= 0.3 is 5.97 Å². The third-order valence-electron chi connectivity index (χ3n) is 9.57. The monoisotopic (exact) mass is 404 g/mol. The Hall–Kier alpha value is -0.990. The first kappa shape index (κ1) is 17.7. The lowest BCUT2D eigenvalue weighted by Gasteiger charge is -2.58. The average molecular weight is 404 g/mol. The van der Waals surface area contributed by atoms with E-state index in [1.54, 1.807) is 0 Å². The minimum Gasteiger partial charge on any atom is -0.458 e. The number of epoxide rings is 3. The van der Waals surface area contributed by atoms with E-state index < -0.39 is 22.2 Å². The molecule has 3 aliphatic carbocycles. The molecule has 9 atom stereocenters. The van der Waals surface area contributed by atoms with Crippen LogP contribution in [0.25, 0.3) is 0 Å². The number of rotatable bonds is 3. The van der Waals surface area contributed by atoms with Gasteiger partial charge in [0.25, 0.3) is 0 Å². The van der Waals surface area contributed by atoms with Gasteiger partial charge in [0, 0.05) is 29.6 Å². The molecule has 0 radical (unpaired) electrons. The van der Waals surface area contributed by atoms with E-state index in [-0.39, 0.29) is 48.5 Å². The van der Waals surface area contributed by atoms with Gasteiger partial charge in [-0.15, -0.1) is 0 Å². The number of hydrogen-bond donors (Lipinski definition) is 1. The first-order chi connectivity index (χ1) is 13.7. The number of esters is 1. The van der Waals surface area contributed by atoms with Crippen molar-refractivity contribution in [3.8, 4) is 0 Å². The van der Waals surface area contributed by atoms with Crippen LogP contribution in [0.15, 0.2) is 11.1 Å². The number of hydrogen-bond acceptors (Lipinski definition) is 7. The van der Waals surface area contributed by atoms with Crippen molar-refractivity contribution < 1.29 is 33.6 Å². The molecule has 7 aliphatic rings. The molecule has 0 aromatic rings. The highest BCUT2D eigenvalue weighted by molar-refractivity contribution is 5.93. The number of carbonyl (C=O) groups is 1.